The molecule has 2 fully saturated rings. The lowest BCUT2D eigenvalue weighted by atomic mass is 9.73. The first-order valence-electron chi connectivity index (χ1n) is 8.07. The molecule has 3 heterocycles. The first-order chi connectivity index (χ1) is 11.1. The molecule has 23 heavy (non-hydrogen) atoms. The number of hydrogen-bond donors (Lipinski definition) is 0. The molecule has 0 bridgehead atoms. The second-order valence-corrected chi connectivity index (χ2v) is 6.67. The van der Waals surface area contributed by atoms with Gasteiger partial charge in [0.2, 0.25) is 0 Å². The second kappa shape index (κ2) is 5.27. The van der Waals surface area contributed by atoms with Crippen LogP contribution in [-0.4, -0.2) is 44.2 Å². The van der Waals surface area contributed by atoms with Gasteiger partial charge in [0.25, 0.3) is 5.91 Å². The Labute approximate surface area is 135 Å². The minimum Gasteiger partial charge on any atom is -0.493 e. The number of hydrogen-bond acceptors (Lipinski definition) is 4. The number of aryl methyl sites for hydroxylation is 1. The van der Waals surface area contributed by atoms with Crippen molar-refractivity contribution >= 4 is 16.9 Å². The van der Waals surface area contributed by atoms with Gasteiger partial charge >= 0.3 is 0 Å². The maximum atomic E-state index is 12.8. The van der Waals surface area contributed by atoms with Crippen LogP contribution in [0.3, 0.4) is 0 Å². The molecule has 122 valence electrons. The Morgan fingerprint density at radius 1 is 1.26 bits per heavy atom. The fraction of sp³-hybridized carbons (Fsp3) is 0.500. The zero-order chi connectivity index (χ0) is 16.0. The summed E-state index contributed by atoms with van der Waals surface area (Å²) in [6.07, 6.45) is 2.09. The number of rotatable bonds is 2. The number of methoxy groups -OCH3 is 1. The molecule has 1 aromatic heterocycles. The minimum absolute atomic E-state index is 0.0159. The summed E-state index contributed by atoms with van der Waals surface area (Å²) in [5.74, 6) is 1.08. The Morgan fingerprint density at radius 2 is 2.00 bits per heavy atom. The molecule has 0 atom stereocenters. The molecular weight excluding hydrogens is 294 g/mol. The largest absolute Gasteiger partial charge is 0.493 e. The number of furan rings is 1. The number of carbonyl (C=O) groups is 1. The van der Waals surface area contributed by atoms with Gasteiger partial charge in [0.05, 0.1) is 7.11 Å². The zero-order valence-corrected chi connectivity index (χ0v) is 13.6. The van der Waals surface area contributed by atoms with E-state index in [4.69, 9.17) is 13.9 Å². The molecule has 1 aromatic carbocycles. The van der Waals surface area contributed by atoms with Crippen molar-refractivity contribution in [2.45, 2.75) is 19.8 Å². The number of para-hydroxylation sites is 1. The summed E-state index contributed by atoms with van der Waals surface area (Å²) in [7, 11) is 1.61. The van der Waals surface area contributed by atoms with E-state index >= 15 is 0 Å². The molecule has 0 unspecified atom stereocenters. The van der Waals surface area contributed by atoms with Gasteiger partial charge in [-0.3, -0.25) is 4.79 Å². The number of carbonyl (C=O) groups excluding carboxylic acids is 1. The molecule has 2 aromatic rings. The van der Waals surface area contributed by atoms with Crippen LogP contribution in [0.25, 0.3) is 11.0 Å². The molecule has 1 amide bonds. The van der Waals surface area contributed by atoms with Gasteiger partial charge < -0.3 is 18.8 Å². The van der Waals surface area contributed by atoms with Gasteiger partial charge in [-0.15, -0.1) is 0 Å². The highest BCUT2D eigenvalue weighted by Gasteiger charge is 2.46. The van der Waals surface area contributed by atoms with Crippen LogP contribution < -0.4 is 4.74 Å². The summed E-state index contributed by atoms with van der Waals surface area (Å²) in [5, 5.41) is 0.939. The molecule has 2 saturated heterocycles. The maximum Gasteiger partial charge on any atom is 0.289 e. The third-order valence-electron chi connectivity index (χ3n) is 5.24. The van der Waals surface area contributed by atoms with Crippen LogP contribution in [0.1, 0.15) is 29.0 Å². The number of ether oxygens (including phenoxy) is 2. The maximum absolute atomic E-state index is 12.8. The molecule has 2 aliphatic heterocycles. The van der Waals surface area contributed by atoms with E-state index in [9.17, 15) is 4.79 Å². The van der Waals surface area contributed by atoms with Crippen molar-refractivity contribution in [3.8, 4) is 5.75 Å². The van der Waals surface area contributed by atoms with E-state index in [1.165, 1.54) is 0 Å². The smallest absolute Gasteiger partial charge is 0.289 e. The summed E-state index contributed by atoms with van der Waals surface area (Å²) in [5.41, 5.74) is 1.81. The van der Waals surface area contributed by atoms with Crippen LogP contribution in [0.15, 0.2) is 22.6 Å². The standard InChI is InChI=1S/C18H21NO4/c1-12-13-4-3-5-14(21-2)16(13)23-15(12)17(20)19-10-18(11-19)6-8-22-9-7-18/h3-5H,6-11H2,1-2H3. The normalized spacial score (nSPS) is 19.8. The van der Waals surface area contributed by atoms with Gasteiger partial charge in [0.1, 0.15) is 0 Å². The minimum atomic E-state index is -0.0159. The van der Waals surface area contributed by atoms with Crippen molar-refractivity contribution in [3.63, 3.8) is 0 Å². The molecule has 0 radical (unpaired) electrons. The Morgan fingerprint density at radius 3 is 2.70 bits per heavy atom. The lowest BCUT2D eigenvalue weighted by Crippen LogP contribution is -2.60. The van der Waals surface area contributed by atoms with Crippen LogP contribution in [0, 0.1) is 12.3 Å². The van der Waals surface area contributed by atoms with E-state index in [-0.39, 0.29) is 11.3 Å². The van der Waals surface area contributed by atoms with E-state index in [0.29, 0.717) is 17.1 Å². The van der Waals surface area contributed by atoms with Crippen molar-refractivity contribution in [1.29, 1.82) is 0 Å². The van der Waals surface area contributed by atoms with Crippen LogP contribution >= 0.6 is 0 Å². The quantitative estimate of drug-likeness (QED) is 0.855. The van der Waals surface area contributed by atoms with E-state index < -0.39 is 0 Å². The summed E-state index contributed by atoms with van der Waals surface area (Å²) in [6.45, 7) is 5.17. The van der Waals surface area contributed by atoms with Crippen molar-refractivity contribution in [2.75, 3.05) is 33.4 Å². The van der Waals surface area contributed by atoms with E-state index in [1.54, 1.807) is 7.11 Å². The molecule has 0 aliphatic carbocycles. The first-order valence-corrected chi connectivity index (χ1v) is 8.07. The monoisotopic (exact) mass is 315 g/mol. The van der Waals surface area contributed by atoms with Crippen molar-refractivity contribution in [1.82, 2.24) is 4.90 Å². The van der Waals surface area contributed by atoms with Crippen LogP contribution in [0.5, 0.6) is 5.75 Å². The topological polar surface area (TPSA) is 51.9 Å². The van der Waals surface area contributed by atoms with Crippen LogP contribution in [0.4, 0.5) is 0 Å². The van der Waals surface area contributed by atoms with E-state index in [1.807, 2.05) is 30.0 Å². The van der Waals surface area contributed by atoms with Gasteiger partial charge in [0.15, 0.2) is 17.1 Å². The zero-order valence-electron chi connectivity index (χ0n) is 13.6. The Bertz CT molecular complexity index is 750. The third kappa shape index (κ3) is 2.22. The van der Waals surface area contributed by atoms with Crippen molar-refractivity contribution < 1.29 is 18.7 Å². The predicted octanol–water partition coefficient (Wildman–Crippen LogP) is 3.00. The fourth-order valence-electron chi connectivity index (χ4n) is 3.75. The van der Waals surface area contributed by atoms with Gasteiger partial charge in [-0.2, -0.15) is 0 Å². The SMILES string of the molecule is COc1cccc2c(C)c(C(=O)N3CC4(CCOCC4)C3)oc12. The van der Waals surface area contributed by atoms with Crippen LogP contribution in [-0.2, 0) is 4.74 Å². The highest BCUT2D eigenvalue weighted by molar-refractivity contribution is 6.00. The molecule has 2 aliphatic rings. The summed E-state index contributed by atoms with van der Waals surface area (Å²) in [4.78, 5) is 14.7. The molecule has 4 rings (SSSR count). The average Bonchev–Trinajstić information content (AvgIpc) is 2.90. The Kier molecular flexibility index (Phi) is 3.34. The molecule has 0 N–H and O–H groups in total. The average molecular weight is 315 g/mol. The molecule has 1 spiro atoms. The number of nitrogens with zero attached hydrogens (tertiary/aromatic N) is 1. The molecule has 5 nitrogen and oxygen atoms in total. The van der Waals surface area contributed by atoms with Gasteiger partial charge in [-0.25, -0.2) is 0 Å². The summed E-state index contributed by atoms with van der Waals surface area (Å²) < 4.78 is 16.6. The number of benzene rings is 1. The molecule has 0 saturated carbocycles. The lowest BCUT2D eigenvalue weighted by Gasteiger charge is -2.51. The number of fused-ring (bicyclic) bond motifs is 1. The van der Waals surface area contributed by atoms with Crippen molar-refractivity contribution in [2.24, 2.45) is 5.41 Å². The first kappa shape index (κ1) is 14.6. The summed E-state index contributed by atoms with van der Waals surface area (Å²) >= 11 is 0. The van der Waals surface area contributed by atoms with Gasteiger partial charge in [-0.05, 0) is 25.8 Å². The summed E-state index contributed by atoms with van der Waals surface area (Å²) in [6, 6.07) is 5.72. The van der Waals surface area contributed by atoms with Crippen LogP contribution in [0.2, 0.25) is 0 Å². The highest BCUT2D eigenvalue weighted by Crippen LogP contribution is 2.41. The predicted molar refractivity (Wildman–Crippen MR) is 85.9 cm³/mol. The molecular formula is C18H21NO4. The second-order valence-electron chi connectivity index (χ2n) is 6.67. The third-order valence-corrected chi connectivity index (χ3v) is 5.24. The molecule has 5 heteroatoms. The lowest BCUT2D eigenvalue weighted by molar-refractivity contribution is -0.0674. The van der Waals surface area contributed by atoms with Crippen molar-refractivity contribution in [3.05, 3.63) is 29.5 Å². The van der Waals surface area contributed by atoms with E-state index in [0.717, 1.165) is 50.1 Å². The van der Waals surface area contributed by atoms with E-state index in [2.05, 4.69) is 0 Å². The number of likely N-dealkylation sites (tertiary alicyclic amines) is 1. The number of amides is 1. The highest BCUT2D eigenvalue weighted by atomic mass is 16.5. The fourth-order valence-corrected chi connectivity index (χ4v) is 3.75. The van der Waals surface area contributed by atoms with Gasteiger partial charge in [-0.1, -0.05) is 12.1 Å². The Hall–Kier alpha value is -2.01. The van der Waals surface area contributed by atoms with Gasteiger partial charge in [0, 0.05) is 42.7 Å². The Balaban J connectivity index is 1.60.